The van der Waals surface area contributed by atoms with E-state index in [0.29, 0.717) is 17.8 Å². The van der Waals surface area contributed by atoms with Crippen molar-refractivity contribution in [1.29, 1.82) is 0 Å². The molecule has 1 N–H and O–H groups in total. The van der Waals surface area contributed by atoms with E-state index in [-0.39, 0.29) is 11.6 Å². The maximum Gasteiger partial charge on any atom is 0.274 e. The number of anilines is 1. The number of amides is 1. The Bertz CT molecular complexity index is 539. The summed E-state index contributed by atoms with van der Waals surface area (Å²) < 4.78 is 0. The van der Waals surface area contributed by atoms with Gasteiger partial charge in [0.25, 0.3) is 5.69 Å². The largest absolute Gasteiger partial charge is 0.325 e. The molecule has 2 rings (SSSR count). The van der Waals surface area contributed by atoms with Gasteiger partial charge in [-0.3, -0.25) is 19.8 Å². The second kappa shape index (κ2) is 6.64. The number of nitrogens with zero attached hydrogens (tertiary/aromatic N) is 3. The lowest BCUT2D eigenvalue weighted by molar-refractivity contribution is -0.385. The summed E-state index contributed by atoms with van der Waals surface area (Å²) in [4.78, 5) is 26.7. The summed E-state index contributed by atoms with van der Waals surface area (Å²) in [6, 6.07) is 4.73. The highest BCUT2D eigenvalue weighted by molar-refractivity contribution is 5.92. The van der Waals surface area contributed by atoms with Crippen molar-refractivity contribution < 1.29 is 9.72 Å². The number of benzene rings is 1. The molecule has 1 saturated heterocycles. The van der Waals surface area contributed by atoms with Gasteiger partial charge in [0, 0.05) is 43.5 Å². The van der Waals surface area contributed by atoms with Crippen molar-refractivity contribution in [3.8, 4) is 0 Å². The Morgan fingerprint density at radius 1 is 1.33 bits per heavy atom. The summed E-state index contributed by atoms with van der Waals surface area (Å²) >= 11 is 0. The van der Waals surface area contributed by atoms with Crippen LogP contribution in [0.25, 0.3) is 0 Å². The number of carbonyl (C=O) groups is 1. The van der Waals surface area contributed by atoms with Gasteiger partial charge in [0.05, 0.1) is 11.5 Å². The SMILES string of the molecule is Cc1ccc(NC(=O)CN2CCN(C)CC2)cc1[N+](=O)[O-]. The molecule has 0 aliphatic carbocycles. The predicted molar refractivity (Wildman–Crippen MR) is 80.4 cm³/mol. The van der Waals surface area contributed by atoms with Crippen LogP contribution in [0.5, 0.6) is 0 Å². The Morgan fingerprint density at radius 2 is 2.00 bits per heavy atom. The molecule has 0 aromatic heterocycles. The minimum atomic E-state index is -0.439. The number of likely N-dealkylation sites (N-methyl/N-ethyl adjacent to an activating group) is 1. The zero-order valence-electron chi connectivity index (χ0n) is 12.3. The van der Waals surface area contributed by atoms with Crippen molar-refractivity contribution >= 4 is 17.3 Å². The van der Waals surface area contributed by atoms with Gasteiger partial charge in [0.1, 0.15) is 0 Å². The molecule has 1 heterocycles. The van der Waals surface area contributed by atoms with Gasteiger partial charge in [-0.2, -0.15) is 0 Å². The van der Waals surface area contributed by atoms with E-state index < -0.39 is 4.92 Å². The Hall–Kier alpha value is -1.99. The molecule has 0 radical (unpaired) electrons. The molecule has 0 bridgehead atoms. The van der Waals surface area contributed by atoms with Gasteiger partial charge in [-0.15, -0.1) is 0 Å². The summed E-state index contributed by atoms with van der Waals surface area (Å²) in [7, 11) is 2.06. The number of nitrogens with one attached hydrogen (secondary N) is 1. The second-order valence-corrected chi connectivity index (χ2v) is 5.39. The number of hydrogen-bond donors (Lipinski definition) is 1. The smallest absolute Gasteiger partial charge is 0.274 e. The van der Waals surface area contributed by atoms with E-state index >= 15 is 0 Å². The first kappa shape index (κ1) is 15.4. The molecule has 114 valence electrons. The van der Waals surface area contributed by atoms with Crippen molar-refractivity contribution in [2.24, 2.45) is 0 Å². The third-order valence-corrected chi connectivity index (χ3v) is 3.65. The van der Waals surface area contributed by atoms with Gasteiger partial charge in [-0.05, 0) is 20.0 Å². The summed E-state index contributed by atoms with van der Waals surface area (Å²) in [5, 5.41) is 13.6. The highest BCUT2D eigenvalue weighted by Gasteiger charge is 2.17. The quantitative estimate of drug-likeness (QED) is 0.664. The summed E-state index contributed by atoms with van der Waals surface area (Å²) in [5.74, 6) is -0.141. The third kappa shape index (κ3) is 4.24. The van der Waals surface area contributed by atoms with Crippen LogP contribution >= 0.6 is 0 Å². The van der Waals surface area contributed by atoms with Crippen LogP contribution in [0, 0.1) is 17.0 Å². The van der Waals surface area contributed by atoms with Crippen molar-refractivity contribution in [2.75, 3.05) is 45.1 Å². The standard InChI is InChI=1S/C14H20N4O3/c1-11-3-4-12(9-13(11)18(20)21)15-14(19)10-17-7-5-16(2)6-8-17/h3-4,9H,5-8,10H2,1-2H3,(H,15,19). The third-order valence-electron chi connectivity index (χ3n) is 3.65. The van der Waals surface area contributed by atoms with Gasteiger partial charge in [-0.1, -0.05) is 6.07 Å². The molecule has 21 heavy (non-hydrogen) atoms. The molecule has 1 aromatic carbocycles. The highest BCUT2D eigenvalue weighted by Crippen LogP contribution is 2.22. The van der Waals surface area contributed by atoms with Gasteiger partial charge in [0.15, 0.2) is 0 Å². The molecule has 0 spiro atoms. The first-order valence-corrected chi connectivity index (χ1v) is 6.91. The molecule has 1 aliphatic rings. The van der Waals surface area contributed by atoms with Crippen LogP contribution in [-0.2, 0) is 4.79 Å². The van der Waals surface area contributed by atoms with Crippen LogP contribution in [0.4, 0.5) is 11.4 Å². The summed E-state index contributed by atoms with van der Waals surface area (Å²) in [6.07, 6.45) is 0. The van der Waals surface area contributed by atoms with Crippen molar-refractivity contribution in [2.45, 2.75) is 6.92 Å². The number of aryl methyl sites for hydroxylation is 1. The molecule has 0 saturated carbocycles. The number of piperazine rings is 1. The van der Waals surface area contributed by atoms with E-state index in [1.807, 2.05) is 0 Å². The molecule has 1 amide bonds. The topological polar surface area (TPSA) is 78.7 Å². The number of nitro benzene ring substituents is 1. The van der Waals surface area contributed by atoms with Crippen LogP contribution in [0.2, 0.25) is 0 Å². The minimum Gasteiger partial charge on any atom is -0.325 e. The summed E-state index contributed by atoms with van der Waals surface area (Å²) in [6.45, 7) is 5.60. The number of carbonyl (C=O) groups excluding carboxylic acids is 1. The monoisotopic (exact) mass is 292 g/mol. The Balaban J connectivity index is 1.93. The molecule has 1 fully saturated rings. The maximum absolute atomic E-state index is 12.0. The lowest BCUT2D eigenvalue weighted by atomic mass is 10.2. The predicted octanol–water partition coefficient (Wildman–Crippen LogP) is 1.09. The fraction of sp³-hybridized carbons (Fsp3) is 0.500. The molecule has 1 aromatic rings. The van der Waals surface area contributed by atoms with Crippen LogP contribution in [0.15, 0.2) is 18.2 Å². The average Bonchev–Trinajstić information content (AvgIpc) is 2.43. The first-order valence-electron chi connectivity index (χ1n) is 6.91. The first-order chi connectivity index (χ1) is 9.95. The molecule has 0 atom stereocenters. The molecule has 7 heteroatoms. The zero-order valence-corrected chi connectivity index (χ0v) is 12.3. The van der Waals surface area contributed by atoms with Gasteiger partial charge in [-0.25, -0.2) is 0 Å². The van der Waals surface area contributed by atoms with Crippen LogP contribution in [0.1, 0.15) is 5.56 Å². The average molecular weight is 292 g/mol. The number of rotatable bonds is 4. The molecule has 7 nitrogen and oxygen atoms in total. The van der Waals surface area contributed by atoms with Crippen molar-refractivity contribution in [3.05, 3.63) is 33.9 Å². The lowest BCUT2D eigenvalue weighted by Gasteiger charge is -2.31. The van der Waals surface area contributed by atoms with Crippen molar-refractivity contribution in [3.63, 3.8) is 0 Å². The zero-order chi connectivity index (χ0) is 15.4. The fourth-order valence-corrected chi connectivity index (χ4v) is 2.29. The number of hydrogen-bond acceptors (Lipinski definition) is 5. The van der Waals surface area contributed by atoms with Gasteiger partial charge in [0.2, 0.25) is 5.91 Å². The molecule has 1 aliphatic heterocycles. The minimum absolute atomic E-state index is 0.0207. The van der Waals surface area contributed by atoms with Crippen LogP contribution in [0.3, 0.4) is 0 Å². The van der Waals surface area contributed by atoms with E-state index in [4.69, 9.17) is 0 Å². The van der Waals surface area contributed by atoms with E-state index in [9.17, 15) is 14.9 Å². The maximum atomic E-state index is 12.0. The van der Waals surface area contributed by atoms with E-state index in [2.05, 4.69) is 22.2 Å². The van der Waals surface area contributed by atoms with Crippen LogP contribution < -0.4 is 5.32 Å². The Kier molecular flexibility index (Phi) is 4.87. The molecular formula is C14H20N4O3. The normalized spacial score (nSPS) is 16.7. The van der Waals surface area contributed by atoms with Gasteiger partial charge >= 0.3 is 0 Å². The molecular weight excluding hydrogens is 272 g/mol. The summed E-state index contributed by atoms with van der Waals surface area (Å²) in [5.41, 5.74) is 1.07. The van der Waals surface area contributed by atoms with Crippen LogP contribution in [-0.4, -0.2) is 60.4 Å². The Labute approximate surface area is 123 Å². The fourth-order valence-electron chi connectivity index (χ4n) is 2.29. The van der Waals surface area contributed by atoms with Crippen molar-refractivity contribution in [1.82, 2.24) is 9.80 Å². The lowest BCUT2D eigenvalue weighted by Crippen LogP contribution is -2.47. The van der Waals surface area contributed by atoms with Gasteiger partial charge < -0.3 is 10.2 Å². The highest BCUT2D eigenvalue weighted by atomic mass is 16.6. The molecule has 0 unspecified atom stereocenters. The number of nitro groups is 1. The van der Waals surface area contributed by atoms with E-state index in [1.165, 1.54) is 6.07 Å². The second-order valence-electron chi connectivity index (χ2n) is 5.39. The van der Waals surface area contributed by atoms with E-state index in [1.54, 1.807) is 19.1 Å². The Morgan fingerprint density at radius 3 is 2.62 bits per heavy atom. The van der Waals surface area contributed by atoms with E-state index in [0.717, 1.165) is 26.2 Å².